The number of carbonyl (C=O) groups is 5. The van der Waals surface area contributed by atoms with Gasteiger partial charge in [0, 0.05) is 16.7 Å². The predicted octanol–water partition coefficient (Wildman–Crippen LogP) is 2.58. The average molecular weight is 932 g/mol. The van der Waals surface area contributed by atoms with E-state index < -0.39 is 87.6 Å². The van der Waals surface area contributed by atoms with Gasteiger partial charge >= 0.3 is 41.0 Å². The van der Waals surface area contributed by atoms with Crippen LogP contribution in [0.25, 0.3) is 0 Å². The molecule has 0 saturated heterocycles. The van der Waals surface area contributed by atoms with Gasteiger partial charge in [0.05, 0.1) is 50.5 Å². The van der Waals surface area contributed by atoms with Crippen LogP contribution < -0.4 is 15.3 Å². The number of ketones is 2. The maximum absolute atomic E-state index is 16.9. The molecule has 7 rings (SSSR count). The number of quaternary nitrogens is 1. The number of aliphatic hydroxyl groups excluding tert-OH is 3. The van der Waals surface area contributed by atoms with Crippen molar-refractivity contribution < 1.29 is 83.9 Å². The van der Waals surface area contributed by atoms with Crippen LogP contribution in [-0.4, -0.2) is 151 Å². The average Bonchev–Trinajstić information content (AvgIpc) is 3.43. The van der Waals surface area contributed by atoms with E-state index in [0.717, 1.165) is 11.0 Å². The molecule has 0 spiro atoms. The van der Waals surface area contributed by atoms with Crippen molar-refractivity contribution in [1.82, 2.24) is 0 Å². The minimum Gasteiger partial charge on any atom is -0.872 e. The second kappa shape index (κ2) is 23.0. The Bertz CT molecular complexity index is 2150. The molecule has 0 aliphatic heterocycles. The molecule has 3 fully saturated rings. The number of carbonyl (C=O) groups excluding carboxylic acids is 2. The molecule has 3 saturated carbocycles. The van der Waals surface area contributed by atoms with Crippen LogP contribution in [0.3, 0.4) is 0 Å². The molecule has 4 aliphatic carbocycles. The Morgan fingerprint density at radius 3 is 1.53 bits per heavy atom. The minimum atomic E-state index is -1.98. The fourth-order valence-corrected chi connectivity index (χ4v) is 9.49. The van der Waals surface area contributed by atoms with E-state index in [1.54, 1.807) is 26.8 Å². The van der Waals surface area contributed by atoms with E-state index in [1.165, 1.54) is 84.9 Å². The Labute approximate surface area is 398 Å². The SMILES string of the molecule is C[C@@H]1C[C@H]2[C@@H]3CCC4=CC(=O)C=C[C@]4(C)[C@@]3(F)[C@@H](O)C[C@]2(C)[C@@]1(O)C(=O)CO.C[N+](C)(C)CCO.O=C(O)c1ccccc1[O-].O=C(O)c1ccccc1[O-].O=C(O)c1ccccc1[O-].[Mg+2]. The first-order chi connectivity index (χ1) is 30.2. The number of carboxylic acid groups (broad SMARTS) is 3. The minimum absolute atomic E-state index is 0. The number of hydrogen-bond donors (Lipinski definition) is 7. The quantitative estimate of drug-likeness (QED) is 0.132. The zero-order valence-electron chi connectivity index (χ0n) is 37.8. The molecular formula is C48H58FMgNO15. The number of Topliss-reactive ketones (excluding diaryl/α,β-unsaturated/α-hetero) is 1. The molecule has 0 unspecified atom stereocenters. The summed E-state index contributed by atoms with van der Waals surface area (Å²) in [6, 6.07) is 16.6. The zero-order valence-corrected chi connectivity index (χ0v) is 39.3. The molecule has 0 aromatic heterocycles. The van der Waals surface area contributed by atoms with Crippen LogP contribution in [0.2, 0.25) is 0 Å². The van der Waals surface area contributed by atoms with Crippen molar-refractivity contribution in [2.24, 2.45) is 28.6 Å². The molecule has 4 aliphatic rings. The summed E-state index contributed by atoms with van der Waals surface area (Å²) in [4.78, 5) is 55.0. The fourth-order valence-electron chi connectivity index (χ4n) is 9.49. The van der Waals surface area contributed by atoms with E-state index in [-0.39, 0.29) is 64.5 Å². The summed E-state index contributed by atoms with van der Waals surface area (Å²) in [7, 11) is 6.16. The molecule has 0 amide bonds. The monoisotopic (exact) mass is 931 g/mol. The first-order valence-corrected chi connectivity index (χ1v) is 20.7. The summed E-state index contributed by atoms with van der Waals surface area (Å²) in [5.74, 6) is -6.99. The summed E-state index contributed by atoms with van der Waals surface area (Å²) in [6.07, 6.45) is 4.44. The Hall–Kier alpha value is -5.21. The molecule has 3 aromatic carbocycles. The van der Waals surface area contributed by atoms with Gasteiger partial charge in [-0.2, -0.15) is 0 Å². The Balaban J connectivity index is 0.000000325. The van der Waals surface area contributed by atoms with E-state index in [2.05, 4.69) is 21.1 Å². The maximum atomic E-state index is 16.9. The number of alkyl halides is 1. The molecule has 8 atom stereocenters. The number of rotatable bonds is 7. The van der Waals surface area contributed by atoms with Crippen molar-refractivity contribution in [3.8, 4) is 17.2 Å². The van der Waals surface area contributed by atoms with Crippen molar-refractivity contribution >= 4 is 52.5 Å². The van der Waals surface area contributed by atoms with Gasteiger partial charge in [-0.05, 0) is 74.8 Å². The van der Waals surface area contributed by atoms with Gasteiger partial charge < -0.3 is 55.5 Å². The number of carboxylic acids is 3. The molecule has 16 nitrogen and oxygen atoms in total. The number of hydrogen-bond acceptors (Lipinski definition) is 12. The van der Waals surface area contributed by atoms with Crippen molar-refractivity contribution in [3.63, 3.8) is 0 Å². The fraction of sp³-hybridized carbons (Fsp3) is 0.438. The Morgan fingerprint density at radius 2 is 1.20 bits per heavy atom. The van der Waals surface area contributed by atoms with Crippen LogP contribution in [0.1, 0.15) is 77.5 Å². The van der Waals surface area contributed by atoms with Crippen LogP contribution in [0, 0.1) is 28.6 Å². The van der Waals surface area contributed by atoms with E-state index in [4.69, 9.17) is 20.4 Å². The van der Waals surface area contributed by atoms with Gasteiger partial charge in [-0.1, -0.05) is 97.3 Å². The third-order valence-corrected chi connectivity index (χ3v) is 12.9. The van der Waals surface area contributed by atoms with Gasteiger partial charge in [0.15, 0.2) is 17.2 Å². The molecule has 18 heteroatoms. The molecular weight excluding hydrogens is 874 g/mol. The molecule has 0 radical (unpaired) electrons. The predicted molar refractivity (Wildman–Crippen MR) is 234 cm³/mol. The molecule has 0 heterocycles. The van der Waals surface area contributed by atoms with Gasteiger partial charge in [0.2, 0.25) is 0 Å². The number of halogens is 1. The van der Waals surface area contributed by atoms with Gasteiger partial charge in [0.1, 0.15) is 18.8 Å². The first kappa shape index (κ1) is 56.9. The number of aliphatic hydroxyl groups is 4. The second-order valence-electron chi connectivity index (χ2n) is 17.9. The van der Waals surface area contributed by atoms with Crippen molar-refractivity contribution in [3.05, 3.63) is 113 Å². The summed E-state index contributed by atoms with van der Waals surface area (Å²) in [6.45, 7) is 5.59. The van der Waals surface area contributed by atoms with Crippen LogP contribution in [0.4, 0.5) is 4.39 Å². The first-order valence-electron chi connectivity index (χ1n) is 20.7. The number of benzene rings is 3. The number of allylic oxidation sites excluding steroid dienone is 4. The number of nitrogens with zero attached hydrogens (tertiary/aromatic N) is 1. The van der Waals surface area contributed by atoms with Crippen LogP contribution in [-0.2, 0) is 9.59 Å². The standard InChI is InChI=1S/C22H29FO5.3C7H6O3.C5H14NO.Mg/c1-12-8-16-15-5-4-13-9-14(25)6-7-19(13,2)21(15,23)17(26)10-20(16,3)22(12,28)18(27)11-24;3*8-6-4-2-1-3-5(6)7(9)10;1-6(2,3)4-5-7;/h6-7,9,12,15-17,24,26,28H,4-5,8,10-11H2,1-3H3;3*1-4,8H,(H,9,10);7H,4-5H2,1-3H3;/q;;;;+1;+2/p-3/t12-,15+,16+,17+,19+,20+,21+,22+;;;;;/m1...../s1. The van der Waals surface area contributed by atoms with Crippen LogP contribution in [0.15, 0.2) is 96.6 Å². The number of fused-ring (bicyclic) bond motifs is 5. The normalized spacial score (nSPS) is 27.7. The maximum Gasteiger partial charge on any atom is 2.00 e. The van der Waals surface area contributed by atoms with E-state index in [0.29, 0.717) is 24.8 Å². The summed E-state index contributed by atoms with van der Waals surface area (Å²) in [5, 5.41) is 97.5. The van der Waals surface area contributed by atoms with Crippen molar-refractivity contribution in [2.45, 2.75) is 63.8 Å². The molecule has 7 N–H and O–H groups in total. The van der Waals surface area contributed by atoms with Crippen LogP contribution in [0.5, 0.6) is 17.2 Å². The van der Waals surface area contributed by atoms with E-state index >= 15 is 4.39 Å². The van der Waals surface area contributed by atoms with Crippen LogP contribution >= 0.6 is 0 Å². The smallest absolute Gasteiger partial charge is 0.872 e. The zero-order chi connectivity index (χ0) is 49.3. The topological polar surface area (TPSA) is 296 Å². The summed E-state index contributed by atoms with van der Waals surface area (Å²) < 4.78 is 17.7. The summed E-state index contributed by atoms with van der Waals surface area (Å²) in [5.41, 5.74) is -5.70. The van der Waals surface area contributed by atoms with Gasteiger partial charge in [-0.25, -0.2) is 18.8 Å². The largest absolute Gasteiger partial charge is 2.00 e. The van der Waals surface area contributed by atoms with Crippen molar-refractivity contribution in [2.75, 3.05) is 40.9 Å². The third-order valence-electron chi connectivity index (χ3n) is 12.9. The third kappa shape index (κ3) is 12.0. The van der Waals surface area contributed by atoms with Crippen molar-refractivity contribution in [1.29, 1.82) is 0 Å². The number of likely N-dealkylation sites (N-methyl/N-ethyl adjacent to an activating group) is 1. The van der Waals surface area contributed by atoms with Gasteiger partial charge in [0.25, 0.3) is 0 Å². The van der Waals surface area contributed by atoms with E-state index in [9.17, 15) is 54.6 Å². The van der Waals surface area contributed by atoms with Gasteiger partial charge in [-0.15, -0.1) is 0 Å². The number of para-hydroxylation sites is 3. The molecule has 66 heavy (non-hydrogen) atoms. The molecule has 3 aromatic rings. The van der Waals surface area contributed by atoms with E-state index in [1.807, 2.05) is 0 Å². The number of aromatic carboxylic acids is 3. The molecule has 354 valence electrons. The molecule has 0 bridgehead atoms. The Kier molecular flexibility index (Phi) is 19.8. The Morgan fingerprint density at radius 1 is 0.773 bits per heavy atom. The summed E-state index contributed by atoms with van der Waals surface area (Å²) >= 11 is 0. The second-order valence-corrected chi connectivity index (χ2v) is 17.9. The van der Waals surface area contributed by atoms with Gasteiger partial charge in [-0.3, -0.25) is 9.59 Å².